The summed E-state index contributed by atoms with van der Waals surface area (Å²) in [7, 11) is -3.11. The van der Waals surface area contributed by atoms with Gasteiger partial charge >= 0.3 is 178 Å². The quantitative estimate of drug-likeness (QED) is 0.0832. The number of pyridine rings is 1. The van der Waals surface area contributed by atoms with Crippen molar-refractivity contribution in [2.75, 3.05) is 25.5 Å². The van der Waals surface area contributed by atoms with Crippen molar-refractivity contribution in [2.24, 2.45) is 0 Å². The predicted molar refractivity (Wildman–Crippen MR) is 197 cm³/mol. The van der Waals surface area contributed by atoms with Gasteiger partial charge in [-0.25, -0.2) is 13.2 Å². The number of fused-ring (bicyclic) bond motifs is 1. The number of sulfonamides is 1. The number of amides is 2. The van der Waals surface area contributed by atoms with Crippen molar-refractivity contribution in [3.8, 4) is 0 Å². The Bertz CT molecular complexity index is 2120. The van der Waals surface area contributed by atoms with Gasteiger partial charge < -0.3 is 9.47 Å². The third kappa shape index (κ3) is 10.4. The Kier molecular flexibility index (Phi) is 13.2. The van der Waals surface area contributed by atoms with Crippen LogP contribution in [0.15, 0.2) is 58.6 Å². The van der Waals surface area contributed by atoms with Crippen molar-refractivity contribution < 1.29 is 32.3 Å². The van der Waals surface area contributed by atoms with Crippen molar-refractivity contribution >= 4 is 70.9 Å². The van der Waals surface area contributed by atoms with E-state index in [-0.39, 0.29) is 22.4 Å². The molecule has 1 unspecified atom stereocenters. The average Bonchev–Trinajstić information content (AvgIpc) is 3.47. The van der Waals surface area contributed by atoms with E-state index in [9.17, 15) is 27.6 Å². The molecule has 15 nitrogen and oxygen atoms in total. The number of hydrogen-bond donors (Lipinski definition) is 4. The van der Waals surface area contributed by atoms with Crippen LogP contribution in [0, 0.1) is 20.8 Å². The molecule has 17 heteroatoms. The van der Waals surface area contributed by atoms with Crippen molar-refractivity contribution in [3.05, 3.63) is 87.0 Å². The van der Waals surface area contributed by atoms with E-state index in [2.05, 4.69) is 25.7 Å². The minimum atomic E-state index is -4.22. The number of nitrogens with one attached hydrogen (secondary N) is 4. The second kappa shape index (κ2) is 17.0. The minimum Gasteiger partial charge on any atom is -0.207 e. The van der Waals surface area contributed by atoms with Gasteiger partial charge in [-0.15, -0.1) is 0 Å². The van der Waals surface area contributed by atoms with E-state index in [1.807, 2.05) is 21.6 Å². The molecule has 0 saturated carbocycles. The molecule has 2 aromatic carbocycles. The number of aryl methyl sites for hydroxylation is 4. The molecule has 0 aliphatic heterocycles. The summed E-state index contributed by atoms with van der Waals surface area (Å²) in [5, 5.41) is 8.83. The summed E-state index contributed by atoms with van der Waals surface area (Å²) in [6, 6.07) is 7.23. The molecular weight excluding hydrogens is 883 g/mol. The number of anilines is 1. The Morgan fingerprint density at radius 3 is 2.35 bits per heavy atom. The van der Waals surface area contributed by atoms with Gasteiger partial charge in [-0.1, -0.05) is 17.7 Å². The van der Waals surface area contributed by atoms with Crippen LogP contribution < -0.4 is 26.1 Å². The van der Waals surface area contributed by atoms with Crippen molar-refractivity contribution in [2.45, 2.75) is 77.6 Å². The number of esters is 1. The van der Waals surface area contributed by atoms with Gasteiger partial charge in [-0.3, -0.25) is 4.79 Å². The van der Waals surface area contributed by atoms with E-state index in [1.165, 1.54) is 6.20 Å². The zero-order valence-corrected chi connectivity index (χ0v) is 35.6. The van der Waals surface area contributed by atoms with Crippen LogP contribution in [0.1, 0.15) is 59.8 Å². The molecule has 0 fully saturated rings. The number of nitrogens with zero attached hydrogens (tertiary/aromatic N) is 3. The van der Waals surface area contributed by atoms with Crippen LogP contribution in [0.5, 0.6) is 0 Å². The molecule has 0 aliphatic rings. The summed E-state index contributed by atoms with van der Waals surface area (Å²) in [4.78, 5) is 56.6. The first-order chi connectivity index (χ1) is 24.4. The van der Waals surface area contributed by atoms with Gasteiger partial charge in [0.2, 0.25) is 10.0 Å². The number of hydrogen-bond acceptors (Lipinski definition) is 10. The maximum Gasteiger partial charge on any atom is 0.241 e. The normalized spacial score (nSPS) is 12.3. The van der Waals surface area contributed by atoms with Gasteiger partial charge in [0.1, 0.15) is 11.6 Å². The van der Waals surface area contributed by atoms with Crippen LogP contribution in [-0.4, -0.2) is 96.2 Å². The SMILES string of the molecule is COC(=O)C(CNC(=O)c1cn(CCCNC(=O)OC(C)(C)C)c2cc(CNc3ncc[n]3[Tl])ccc2c1=O)NS(=O)(=O)c1c(C)cc(C)cc1C. The third-order valence-corrected chi connectivity index (χ3v) is 11.3. The van der Waals surface area contributed by atoms with Gasteiger partial charge in [0.05, 0.1) is 12.0 Å². The number of imidazole rings is 1. The van der Waals surface area contributed by atoms with Gasteiger partial charge in [0.25, 0.3) is 0 Å². The zero-order chi connectivity index (χ0) is 38.4. The fourth-order valence-electron chi connectivity index (χ4n) is 5.72. The molecule has 0 radical (unpaired) electrons. The summed E-state index contributed by atoms with van der Waals surface area (Å²) in [5.74, 6) is -0.998. The van der Waals surface area contributed by atoms with Crippen LogP contribution >= 0.6 is 0 Å². The monoisotopic (exact) mass is 927 g/mol. The number of methoxy groups -OCH3 is 1. The van der Waals surface area contributed by atoms with Crippen LogP contribution in [0.2, 0.25) is 0 Å². The summed E-state index contributed by atoms with van der Waals surface area (Å²) < 4.78 is 43.2. The fraction of sp³-hybridized carbons (Fsp3) is 0.400. The van der Waals surface area contributed by atoms with Crippen LogP contribution in [0.3, 0.4) is 0 Å². The Hall–Kier alpha value is -4.30. The van der Waals surface area contributed by atoms with E-state index >= 15 is 0 Å². The van der Waals surface area contributed by atoms with Gasteiger partial charge in [-0.05, 0) is 52.7 Å². The van der Waals surface area contributed by atoms with Gasteiger partial charge in [0.15, 0.2) is 0 Å². The van der Waals surface area contributed by atoms with Crippen LogP contribution in [-0.2, 0) is 37.4 Å². The van der Waals surface area contributed by atoms with E-state index in [0.29, 0.717) is 62.2 Å². The molecule has 0 aliphatic carbocycles. The van der Waals surface area contributed by atoms with Gasteiger partial charge in [-0.2, -0.15) is 4.72 Å². The second-order valence-electron chi connectivity index (χ2n) is 13.3. The van der Waals surface area contributed by atoms with E-state index < -0.39 is 51.6 Å². The molecule has 0 spiro atoms. The molecule has 2 aromatic heterocycles. The minimum absolute atomic E-state index is 0.0219. The molecule has 276 valence electrons. The molecule has 2 heterocycles. The number of carbonyl (C=O) groups excluding carboxylic acids is 3. The Balaban J connectivity index is 1.60. The summed E-state index contributed by atoms with van der Waals surface area (Å²) in [6.07, 6.45) is 4.90. The average molecular weight is 927 g/mol. The Labute approximate surface area is 319 Å². The number of benzene rings is 2. The number of rotatable bonds is 14. The molecule has 4 aromatic rings. The number of ether oxygens (including phenoxy) is 2. The molecule has 4 rings (SSSR count). The standard InChI is InChI=1S/C35H45N7O8S.Tl/c1-21-15-22(2)30(23(3)16-21)51(47,48)41-27(32(45)49-7)19-39-31(44)26-20-42(14-8-11-38-34(46)50-35(4,5)6)28-17-24(9-10-25(28)29(26)43)18-40-33-36-12-13-37-33;/h9-10,12-13,15-17,20,27,41H,8,11,14,18-19H2,1-7H3,(H4,36,37,38,39,40,44,46);/q;+1/p-1. The topological polar surface area (TPSA) is 192 Å². The van der Waals surface area contributed by atoms with Gasteiger partial charge in [0, 0.05) is 6.54 Å². The molecule has 0 saturated heterocycles. The molecule has 4 N–H and O–H groups in total. The maximum atomic E-state index is 13.8. The molecule has 52 heavy (non-hydrogen) atoms. The summed E-state index contributed by atoms with van der Waals surface area (Å²) >= 11 is 0.528. The summed E-state index contributed by atoms with van der Waals surface area (Å²) in [5.41, 5.74) is 1.88. The zero-order valence-electron chi connectivity index (χ0n) is 30.3. The number of alkyl carbamates (subject to hydrolysis) is 1. The third-order valence-electron chi connectivity index (χ3n) is 7.88. The smallest absolute Gasteiger partial charge is 0.207 e. The van der Waals surface area contributed by atoms with Crippen LogP contribution in [0.25, 0.3) is 10.9 Å². The molecular formula is C35H44N7O8STl. The van der Waals surface area contributed by atoms with Crippen molar-refractivity contribution in [3.63, 3.8) is 0 Å². The van der Waals surface area contributed by atoms with E-state index in [0.717, 1.165) is 24.2 Å². The summed E-state index contributed by atoms with van der Waals surface area (Å²) in [6.45, 7) is 11.0. The van der Waals surface area contributed by atoms with Crippen molar-refractivity contribution in [1.29, 1.82) is 0 Å². The number of carbonyl (C=O) groups is 3. The Morgan fingerprint density at radius 1 is 1.04 bits per heavy atom. The maximum absolute atomic E-state index is 13.8. The molecule has 2 amide bonds. The number of aromatic nitrogens is 3. The van der Waals surface area contributed by atoms with E-state index in [4.69, 9.17) is 9.47 Å². The van der Waals surface area contributed by atoms with Crippen LogP contribution in [0.4, 0.5) is 10.7 Å². The molecule has 1 atom stereocenters. The first kappa shape index (κ1) is 40.5. The fourth-order valence-corrected chi connectivity index (χ4v) is 8.27. The predicted octanol–water partition coefficient (Wildman–Crippen LogP) is 2.83. The Morgan fingerprint density at radius 2 is 1.73 bits per heavy atom. The second-order valence-corrected chi connectivity index (χ2v) is 17.2. The first-order valence-corrected chi connectivity index (χ1v) is 20.0. The van der Waals surface area contributed by atoms with E-state index in [1.54, 1.807) is 69.6 Å². The van der Waals surface area contributed by atoms with Crippen molar-refractivity contribution in [1.82, 2.24) is 27.3 Å². The largest absolute Gasteiger partial charge is 0.241 e. The first-order valence-electron chi connectivity index (χ1n) is 16.5. The molecule has 0 bridgehead atoms.